The van der Waals surface area contributed by atoms with Gasteiger partial charge in [0.2, 0.25) is 5.91 Å². The van der Waals surface area contributed by atoms with Crippen molar-refractivity contribution in [2.45, 2.75) is 19.8 Å². The van der Waals surface area contributed by atoms with Crippen molar-refractivity contribution in [3.05, 3.63) is 16.1 Å². The predicted molar refractivity (Wildman–Crippen MR) is 85.0 cm³/mol. The van der Waals surface area contributed by atoms with Crippen LogP contribution in [0, 0.1) is 6.92 Å². The molecule has 22 heavy (non-hydrogen) atoms. The summed E-state index contributed by atoms with van der Waals surface area (Å²) in [5, 5.41) is 2.74. The molecule has 0 saturated carbocycles. The van der Waals surface area contributed by atoms with Gasteiger partial charge >= 0.3 is 0 Å². The van der Waals surface area contributed by atoms with Crippen molar-refractivity contribution in [2.75, 3.05) is 45.8 Å². The summed E-state index contributed by atoms with van der Waals surface area (Å²) in [6.45, 7) is 7.05. The highest BCUT2D eigenvalue weighted by molar-refractivity contribution is 7.09. The van der Waals surface area contributed by atoms with Crippen LogP contribution in [0.3, 0.4) is 0 Å². The topological polar surface area (TPSA) is 56.8 Å². The summed E-state index contributed by atoms with van der Waals surface area (Å²) >= 11 is 1.50. The number of piperazine rings is 1. The third-order valence-corrected chi connectivity index (χ3v) is 5.09. The zero-order chi connectivity index (χ0) is 15.5. The number of amides is 2. The van der Waals surface area contributed by atoms with Crippen LogP contribution in [0.15, 0.2) is 5.38 Å². The maximum absolute atomic E-state index is 12.3. The van der Waals surface area contributed by atoms with Crippen molar-refractivity contribution < 1.29 is 9.59 Å². The van der Waals surface area contributed by atoms with E-state index in [0.29, 0.717) is 25.3 Å². The first-order chi connectivity index (χ1) is 10.6. The van der Waals surface area contributed by atoms with Crippen LogP contribution in [-0.4, -0.2) is 77.3 Å². The Morgan fingerprint density at radius 3 is 2.36 bits per heavy atom. The minimum Gasteiger partial charge on any atom is -0.342 e. The Morgan fingerprint density at radius 2 is 1.77 bits per heavy atom. The number of likely N-dealkylation sites (tertiary alicyclic amines) is 1. The van der Waals surface area contributed by atoms with Crippen LogP contribution in [0.5, 0.6) is 0 Å². The maximum Gasteiger partial charge on any atom is 0.273 e. The summed E-state index contributed by atoms with van der Waals surface area (Å²) in [5.74, 6) is 0.238. The number of thiazole rings is 1. The van der Waals surface area contributed by atoms with E-state index in [9.17, 15) is 9.59 Å². The van der Waals surface area contributed by atoms with Crippen molar-refractivity contribution in [2.24, 2.45) is 0 Å². The van der Waals surface area contributed by atoms with Crippen LogP contribution >= 0.6 is 11.3 Å². The minimum atomic E-state index is 0.00914. The van der Waals surface area contributed by atoms with Gasteiger partial charge in [0.05, 0.1) is 11.6 Å². The Balaban J connectivity index is 1.47. The van der Waals surface area contributed by atoms with Gasteiger partial charge in [-0.05, 0) is 19.8 Å². The van der Waals surface area contributed by atoms with Crippen molar-refractivity contribution in [3.8, 4) is 0 Å². The fourth-order valence-corrected chi connectivity index (χ4v) is 3.58. The van der Waals surface area contributed by atoms with E-state index in [-0.39, 0.29) is 11.8 Å². The average Bonchev–Trinajstić information content (AvgIpc) is 3.18. The third-order valence-electron chi connectivity index (χ3n) is 4.32. The molecule has 3 rings (SSSR count). The number of aromatic nitrogens is 1. The molecule has 1 aromatic heterocycles. The molecule has 7 heteroatoms. The summed E-state index contributed by atoms with van der Waals surface area (Å²) in [6.07, 6.45) is 2.25. The smallest absolute Gasteiger partial charge is 0.273 e. The monoisotopic (exact) mass is 322 g/mol. The lowest BCUT2D eigenvalue weighted by atomic mass is 10.3. The lowest BCUT2D eigenvalue weighted by molar-refractivity contribution is -0.131. The standard InChI is InChI=1S/C15H22N4O2S/c1-12-16-13(11-22-12)15(21)19-8-6-17(7-9-19)10-14(20)18-4-2-3-5-18/h11H,2-10H2,1H3. The Morgan fingerprint density at radius 1 is 1.09 bits per heavy atom. The second-order valence-electron chi connectivity index (χ2n) is 5.91. The fourth-order valence-electron chi connectivity index (χ4n) is 2.99. The number of carbonyl (C=O) groups is 2. The lowest BCUT2D eigenvalue weighted by Gasteiger charge is -2.34. The van der Waals surface area contributed by atoms with Crippen LogP contribution < -0.4 is 0 Å². The zero-order valence-electron chi connectivity index (χ0n) is 13.0. The first-order valence-corrected chi connectivity index (χ1v) is 8.73. The van der Waals surface area contributed by atoms with Gasteiger partial charge in [0, 0.05) is 44.6 Å². The van der Waals surface area contributed by atoms with E-state index in [0.717, 1.165) is 44.0 Å². The summed E-state index contributed by atoms with van der Waals surface area (Å²) in [4.78, 5) is 34.7. The molecule has 2 aliphatic heterocycles. The average molecular weight is 322 g/mol. The van der Waals surface area contributed by atoms with Crippen molar-refractivity contribution in [1.82, 2.24) is 19.7 Å². The molecule has 0 radical (unpaired) electrons. The summed E-state index contributed by atoms with van der Waals surface area (Å²) < 4.78 is 0. The number of aryl methyl sites for hydroxylation is 1. The van der Waals surface area contributed by atoms with Gasteiger partial charge in [-0.1, -0.05) is 0 Å². The molecule has 2 fully saturated rings. The molecule has 2 saturated heterocycles. The van der Waals surface area contributed by atoms with E-state index in [2.05, 4.69) is 9.88 Å². The van der Waals surface area contributed by atoms with Gasteiger partial charge in [0.15, 0.2) is 0 Å². The van der Waals surface area contributed by atoms with Gasteiger partial charge in [-0.3, -0.25) is 14.5 Å². The van der Waals surface area contributed by atoms with E-state index in [1.165, 1.54) is 11.3 Å². The molecule has 120 valence electrons. The zero-order valence-corrected chi connectivity index (χ0v) is 13.8. The molecule has 3 heterocycles. The molecular formula is C15H22N4O2S. The largest absolute Gasteiger partial charge is 0.342 e. The molecule has 2 aliphatic rings. The molecule has 0 bridgehead atoms. The molecular weight excluding hydrogens is 300 g/mol. The number of rotatable bonds is 3. The van der Waals surface area contributed by atoms with Crippen LogP contribution in [0.4, 0.5) is 0 Å². The highest BCUT2D eigenvalue weighted by Crippen LogP contribution is 2.13. The van der Waals surface area contributed by atoms with E-state index in [1.807, 2.05) is 22.1 Å². The van der Waals surface area contributed by atoms with Gasteiger partial charge in [0.25, 0.3) is 5.91 Å². The number of hydrogen-bond donors (Lipinski definition) is 0. The minimum absolute atomic E-state index is 0.00914. The second-order valence-corrected chi connectivity index (χ2v) is 6.97. The summed E-state index contributed by atoms with van der Waals surface area (Å²) in [5.41, 5.74) is 0.545. The van der Waals surface area contributed by atoms with Crippen molar-refractivity contribution in [1.29, 1.82) is 0 Å². The molecule has 1 aromatic rings. The normalized spacial score (nSPS) is 19.7. The Kier molecular flexibility index (Phi) is 4.73. The van der Waals surface area contributed by atoms with Gasteiger partial charge in [-0.15, -0.1) is 11.3 Å². The molecule has 0 aliphatic carbocycles. The van der Waals surface area contributed by atoms with Crippen LogP contribution in [0.1, 0.15) is 28.3 Å². The number of hydrogen-bond acceptors (Lipinski definition) is 5. The van der Waals surface area contributed by atoms with Crippen LogP contribution in [0.25, 0.3) is 0 Å². The van der Waals surface area contributed by atoms with Crippen molar-refractivity contribution >= 4 is 23.2 Å². The Labute approximate surface area is 134 Å². The Bertz CT molecular complexity index is 545. The van der Waals surface area contributed by atoms with Crippen LogP contribution in [-0.2, 0) is 4.79 Å². The summed E-state index contributed by atoms with van der Waals surface area (Å²) in [7, 11) is 0. The number of carbonyl (C=O) groups excluding carboxylic acids is 2. The first-order valence-electron chi connectivity index (χ1n) is 7.85. The molecule has 0 unspecified atom stereocenters. The summed E-state index contributed by atoms with van der Waals surface area (Å²) in [6, 6.07) is 0. The molecule has 0 N–H and O–H groups in total. The van der Waals surface area contributed by atoms with E-state index < -0.39 is 0 Å². The third kappa shape index (κ3) is 3.47. The van der Waals surface area contributed by atoms with E-state index >= 15 is 0 Å². The highest BCUT2D eigenvalue weighted by Gasteiger charge is 2.26. The van der Waals surface area contributed by atoms with Gasteiger partial charge in [-0.25, -0.2) is 4.98 Å². The van der Waals surface area contributed by atoms with Crippen molar-refractivity contribution in [3.63, 3.8) is 0 Å². The molecule has 2 amide bonds. The lowest BCUT2D eigenvalue weighted by Crippen LogP contribution is -2.51. The SMILES string of the molecule is Cc1nc(C(=O)N2CCN(CC(=O)N3CCCC3)CC2)cs1. The molecule has 0 aromatic carbocycles. The van der Waals surface area contributed by atoms with Crippen LogP contribution in [0.2, 0.25) is 0 Å². The van der Waals surface area contributed by atoms with Gasteiger partial charge in [-0.2, -0.15) is 0 Å². The van der Waals surface area contributed by atoms with E-state index in [1.54, 1.807) is 0 Å². The fraction of sp³-hybridized carbons (Fsp3) is 0.667. The maximum atomic E-state index is 12.3. The van der Waals surface area contributed by atoms with Gasteiger partial charge < -0.3 is 9.80 Å². The van der Waals surface area contributed by atoms with E-state index in [4.69, 9.17) is 0 Å². The molecule has 0 atom stereocenters. The second kappa shape index (κ2) is 6.75. The quantitative estimate of drug-likeness (QED) is 0.827. The highest BCUT2D eigenvalue weighted by atomic mass is 32.1. The molecule has 6 nitrogen and oxygen atoms in total. The molecule has 0 spiro atoms. The van der Waals surface area contributed by atoms with Gasteiger partial charge in [0.1, 0.15) is 5.69 Å². The predicted octanol–water partition coefficient (Wildman–Crippen LogP) is 0.832. The Hall–Kier alpha value is -1.47. The first kappa shape index (κ1) is 15.4. The number of nitrogens with zero attached hydrogens (tertiary/aromatic N) is 4.